The van der Waals surface area contributed by atoms with Crippen molar-refractivity contribution in [1.29, 1.82) is 0 Å². The molecule has 1 aromatic rings. The molecule has 2 rings (SSSR count). The van der Waals surface area contributed by atoms with E-state index < -0.39 is 15.2 Å². The monoisotopic (exact) mass is 259 g/mol. The first-order chi connectivity index (χ1) is 7.60. The molecule has 0 amide bonds. The van der Waals surface area contributed by atoms with Gasteiger partial charge in [0.15, 0.2) is 9.84 Å². The zero-order valence-electron chi connectivity index (χ0n) is 8.82. The smallest absolute Gasteiger partial charge is 0.194 e. The lowest BCUT2D eigenvalue weighted by molar-refractivity contribution is 0.461. The van der Waals surface area contributed by atoms with Crippen LogP contribution in [0, 0.1) is 0 Å². The number of nitrogens with one attached hydrogen (secondary N) is 1. The van der Waals surface area contributed by atoms with E-state index in [9.17, 15) is 8.42 Å². The third kappa shape index (κ3) is 2.39. The molecule has 1 unspecified atom stereocenters. The SMILES string of the molecule is O=S(=O)(c1cccc(Cl)c1)C1CCCCN1. The molecule has 0 bridgehead atoms. The standard InChI is InChI=1S/C11H14ClNO2S/c12-9-4-3-5-10(8-9)16(14,15)11-6-1-2-7-13-11/h3-5,8,11,13H,1-2,6-7H2. The maximum atomic E-state index is 12.2. The Morgan fingerprint density at radius 3 is 2.75 bits per heavy atom. The van der Waals surface area contributed by atoms with Gasteiger partial charge in [-0.05, 0) is 44.0 Å². The molecule has 0 spiro atoms. The number of rotatable bonds is 2. The Morgan fingerprint density at radius 1 is 1.31 bits per heavy atom. The minimum absolute atomic E-state index is 0.305. The van der Waals surface area contributed by atoms with E-state index in [0.29, 0.717) is 16.3 Å². The maximum absolute atomic E-state index is 12.2. The van der Waals surface area contributed by atoms with Crippen LogP contribution in [0.15, 0.2) is 29.2 Å². The van der Waals surface area contributed by atoms with Gasteiger partial charge < -0.3 is 5.32 Å². The van der Waals surface area contributed by atoms with Crippen molar-refractivity contribution in [1.82, 2.24) is 5.32 Å². The van der Waals surface area contributed by atoms with Crippen LogP contribution >= 0.6 is 11.6 Å². The van der Waals surface area contributed by atoms with Gasteiger partial charge in [-0.2, -0.15) is 0 Å². The summed E-state index contributed by atoms with van der Waals surface area (Å²) < 4.78 is 24.4. The lowest BCUT2D eigenvalue weighted by Gasteiger charge is -2.23. The highest BCUT2D eigenvalue weighted by Gasteiger charge is 2.28. The Morgan fingerprint density at radius 2 is 2.12 bits per heavy atom. The van der Waals surface area contributed by atoms with Crippen molar-refractivity contribution >= 4 is 21.4 Å². The molecule has 0 aromatic heterocycles. The summed E-state index contributed by atoms with van der Waals surface area (Å²) in [4.78, 5) is 0.305. The van der Waals surface area contributed by atoms with Crippen molar-refractivity contribution in [2.45, 2.75) is 29.5 Å². The van der Waals surface area contributed by atoms with E-state index in [1.165, 1.54) is 6.07 Å². The Bertz CT molecular complexity index is 467. The fourth-order valence-electron chi connectivity index (χ4n) is 1.89. The number of hydrogen-bond acceptors (Lipinski definition) is 3. The summed E-state index contributed by atoms with van der Waals surface area (Å²) in [5.41, 5.74) is 0. The summed E-state index contributed by atoms with van der Waals surface area (Å²) in [6.07, 6.45) is 2.67. The lowest BCUT2D eigenvalue weighted by atomic mass is 10.2. The summed E-state index contributed by atoms with van der Waals surface area (Å²) in [6, 6.07) is 6.44. The molecule has 5 heteroatoms. The van der Waals surface area contributed by atoms with Crippen molar-refractivity contribution in [2.24, 2.45) is 0 Å². The largest absolute Gasteiger partial charge is 0.301 e. The number of piperidine rings is 1. The highest BCUT2D eigenvalue weighted by Crippen LogP contribution is 2.23. The molecule has 0 aliphatic carbocycles. The second kappa shape index (κ2) is 4.73. The molecule has 1 heterocycles. The summed E-state index contributed by atoms with van der Waals surface area (Å²) in [7, 11) is -3.28. The molecule has 1 aliphatic heterocycles. The Balaban J connectivity index is 2.30. The topological polar surface area (TPSA) is 46.2 Å². The Labute approximate surface area is 101 Å². The molecule has 1 N–H and O–H groups in total. The van der Waals surface area contributed by atoms with Crippen LogP contribution in [0.3, 0.4) is 0 Å². The van der Waals surface area contributed by atoms with Gasteiger partial charge in [0.1, 0.15) is 5.37 Å². The van der Waals surface area contributed by atoms with E-state index in [-0.39, 0.29) is 0 Å². The zero-order valence-corrected chi connectivity index (χ0v) is 10.4. The van der Waals surface area contributed by atoms with Crippen LogP contribution in [0.25, 0.3) is 0 Å². The molecule has 1 aliphatic rings. The van der Waals surface area contributed by atoms with Gasteiger partial charge in [0.05, 0.1) is 4.90 Å². The van der Waals surface area contributed by atoms with Gasteiger partial charge >= 0.3 is 0 Å². The third-order valence-corrected chi connectivity index (χ3v) is 5.06. The van der Waals surface area contributed by atoms with E-state index in [1.807, 2.05) is 0 Å². The van der Waals surface area contributed by atoms with E-state index in [0.717, 1.165) is 19.4 Å². The number of hydrogen-bond donors (Lipinski definition) is 1. The van der Waals surface area contributed by atoms with E-state index in [1.54, 1.807) is 18.2 Å². The van der Waals surface area contributed by atoms with Gasteiger partial charge in [-0.25, -0.2) is 8.42 Å². The molecular formula is C11H14ClNO2S. The third-order valence-electron chi connectivity index (χ3n) is 2.76. The average molecular weight is 260 g/mol. The first-order valence-corrected chi connectivity index (χ1v) is 7.26. The molecule has 1 atom stereocenters. The molecule has 0 radical (unpaired) electrons. The molecule has 1 aromatic carbocycles. The molecule has 1 fully saturated rings. The van der Waals surface area contributed by atoms with E-state index in [2.05, 4.69) is 5.32 Å². The minimum atomic E-state index is -3.28. The zero-order chi connectivity index (χ0) is 11.6. The molecule has 88 valence electrons. The van der Waals surface area contributed by atoms with Crippen LogP contribution in [-0.4, -0.2) is 20.3 Å². The predicted molar refractivity (Wildman–Crippen MR) is 64.3 cm³/mol. The van der Waals surface area contributed by atoms with Crippen LogP contribution in [0.5, 0.6) is 0 Å². The van der Waals surface area contributed by atoms with Crippen molar-refractivity contribution in [3.63, 3.8) is 0 Å². The lowest BCUT2D eigenvalue weighted by Crippen LogP contribution is -2.40. The van der Waals surface area contributed by atoms with Crippen molar-refractivity contribution in [2.75, 3.05) is 6.54 Å². The van der Waals surface area contributed by atoms with Gasteiger partial charge in [-0.3, -0.25) is 0 Å². The van der Waals surface area contributed by atoms with E-state index in [4.69, 9.17) is 11.6 Å². The van der Waals surface area contributed by atoms with E-state index >= 15 is 0 Å². The Hall–Kier alpha value is -0.580. The Kier molecular flexibility index (Phi) is 3.52. The summed E-state index contributed by atoms with van der Waals surface area (Å²) in [5, 5.41) is 3.04. The summed E-state index contributed by atoms with van der Waals surface area (Å²) >= 11 is 5.80. The van der Waals surface area contributed by atoms with Crippen LogP contribution in [0.2, 0.25) is 5.02 Å². The molecule has 16 heavy (non-hydrogen) atoms. The highest BCUT2D eigenvalue weighted by molar-refractivity contribution is 7.92. The van der Waals surface area contributed by atoms with Gasteiger partial charge in [0.2, 0.25) is 0 Å². The van der Waals surface area contributed by atoms with Gasteiger partial charge in [-0.15, -0.1) is 0 Å². The van der Waals surface area contributed by atoms with Crippen molar-refractivity contribution < 1.29 is 8.42 Å². The number of sulfone groups is 1. The van der Waals surface area contributed by atoms with Gasteiger partial charge in [0, 0.05) is 5.02 Å². The minimum Gasteiger partial charge on any atom is -0.301 e. The van der Waals surface area contributed by atoms with Crippen LogP contribution in [0.1, 0.15) is 19.3 Å². The van der Waals surface area contributed by atoms with Crippen molar-refractivity contribution in [3.8, 4) is 0 Å². The van der Waals surface area contributed by atoms with Crippen LogP contribution in [-0.2, 0) is 9.84 Å². The van der Waals surface area contributed by atoms with Crippen LogP contribution < -0.4 is 5.32 Å². The second-order valence-corrected chi connectivity index (χ2v) is 6.51. The fourth-order valence-corrected chi connectivity index (χ4v) is 3.85. The molecular weight excluding hydrogens is 246 g/mol. The average Bonchev–Trinajstić information content (AvgIpc) is 2.30. The number of benzene rings is 1. The number of halogens is 1. The predicted octanol–water partition coefficient (Wildman–Crippen LogP) is 2.21. The van der Waals surface area contributed by atoms with Gasteiger partial charge in [0.25, 0.3) is 0 Å². The molecule has 3 nitrogen and oxygen atoms in total. The van der Waals surface area contributed by atoms with Crippen LogP contribution in [0.4, 0.5) is 0 Å². The summed E-state index contributed by atoms with van der Waals surface area (Å²) in [5.74, 6) is 0. The first-order valence-electron chi connectivity index (χ1n) is 5.33. The highest BCUT2D eigenvalue weighted by atomic mass is 35.5. The molecule has 1 saturated heterocycles. The normalized spacial score (nSPS) is 21.9. The second-order valence-electron chi connectivity index (χ2n) is 3.94. The quantitative estimate of drug-likeness (QED) is 0.886. The first kappa shape index (κ1) is 11.9. The summed E-state index contributed by atoms with van der Waals surface area (Å²) in [6.45, 7) is 0.768. The maximum Gasteiger partial charge on any atom is 0.194 e. The van der Waals surface area contributed by atoms with Crippen molar-refractivity contribution in [3.05, 3.63) is 29.3 Å². The van der Waals surface area contributed by atoms with Gasteiger partial charge in [-0.1, -0.05) is 17.7 Å². The molecule has 0 saturated carbocycles. The fraction of sp³-hybridized carbons (Fsp3) is 0.455.